The van der Waals surface area contributed by atoms with Crippen LogP contribution in [0.1, 0.15) is 89.7 Å². The first kappa shape index (κ1) is 22.7. The lowest BCUT2D eigenvalue weighted by molar-refractivity contribution is -0.133. The molecule has 0 saturated carbocycles. The molecule has 1 aromatic rings. The molecule has 0 fully saturated rings. The number of carboxylic acids is 1. The van der Waals surface area contributed by atoms with E-state index in [0.29, 0.717) is 24.2 Å². The summed E-state index contributed by atoms with van der Waals surface area (Å²) >= 11 is 0. The molecule has 166 valence electrons. The van der Waals surface area contributed by atoms with Crippen molar-refractivity contribution in [2.75, 3.05) is 6.61 Å². The Morgan fingerprint density at radius 3 is 2.57 bits per heavy atom. The van der Waals surface area contributed by atoms with Crippen LogP contribution in [0.2, 0.25) is 0 Å². The maximum absolute atomic E-state index is 11.6. The summed E-state index contributed by atoms with van der Waals surface area (Å²) in [4.78, 5) is 11.6. The molecule has 2 aliphatic rings. The summed E-state index contributed by atoms with van der Waals surface area (Å²) in [7, 11) is 0. The highest BCUT2D eigenvalue weighted by atomic mass is 16.5. The topological polar surface area (TPSA) is 87.0 Å². The van der Waals surface area contributed by atoms with Gasteiger partial charge in [0.15, 0.2) is 0 Å². The summed E-state index contributed by atoms with van der Waals surface area (Å²) in [5, 5.41) is 29.4. The average Bonchev–Trinajstić information content (AvgIpc) is 2.66. The van der Waals surface area contributed by atoms with Crippen molar-refractivity contribution in [2.24, 2.45) is 5.92 Å². The number of carbonyl (C=O) groups is 1. The van der Waals surface area contributed by atoms with E-state index in [0.717, 1.165) is 43.2 Å². The van der Waals surface area contributed by atoms with Crippen molar-refractivity contribution in [1.29, 1.82) is 0 Å². The molecule has 0 aromatic heterocycles. The van der Waals surface area contributed by atoms with Crippen LogP contribution in [0.4, 0.5) is 0 Å². The third-order valence-electron chi connectivity index (χ3n) is 7.07. The lowest BCUT2D eigenvalue weighted by Crippen LogP contribution is -2.46. The van der Waals surface area contributed by atoms with Crippen LogP contribution in [-0.2, 0) is 10.2 Å². The number of phenolic OH excluding ortho intramolecular Hbond substituents is 1. The summed E-state index contributed by atoms with van der Waals surface area (Å²) in [5.41, 5.74) is 1.67. The van der Waals surface area contributed by atoms with Crippen LogP contribution in [0, 0.1) is 5.92 Å². The van der Waals surface area contributed by atoms with Crippen LogP contribution in [-0.4, -0.2) is 33.5 Å². The molecular formula is C25H36O5. The van der Waals surface area contributed by atoms with Crippen molar-refractivity contribution in [3.05, 3.63) is 34.9 Å². The van der Waals surface area contributed by atoms with Crippen molar-refractivity contribution >= 4 is 5.97 Å². The normalized spacial score (nSPS) is 22.5. The van der Waals surface area contributed by atoms with Gasteiger partial charge < -0.3 is 20.1 Å². The van der Waals surface area contributed by atoms with E-state index in [-0.39, 0.29) is 29.6 Å². The highest BCUT2D eigenvalue weighted by Gasteiger charge is 2.47. The Hall–Kier alpha value is -2.01. The molecule has 5 heteroatoms. The Kier molecular flexibility index (Phi) is 6.51. The van der Waals surface area contributed by atoms with Crippen LogP contribution in [0.15, 0.2) is 23.8 Å². The average molecular weight is 417 g/mol. The fraction of sp³-hybridized carbons (Fsp3) is 0.640. The third kappa shape index (κ3) is 4.51. The molecule has 1 aromatic carbocycles. The summed E-state index contributed by atoms with van der Waals surface area (Å²) in [6.07, 6.45) is 7.87. The molecule has 3 rings (SSSR count). The predicted octanol–water partition coefficient (Wildman–Crippen LogP) is 5.29. The summed E-state index contributed by atoms with van der Waals surface area (Å²) in [6, 6.07) is 3.91. The number of hydrogen-bond acceptors (Lipinski definition) is 4. The van der Waals surface area contributed by atoms with E-state index in [4.69, 9.17) is 9.84 Å². The Morgan fingerprint density at radius 2 is 1.90 bits per heavy atom. The molecule has 1 aliphatic carbocycles. The molecule has 3 N–H and O–H groups in total. The smallest absolute Gasteiger partial charge is 0.331 e. The molecule has 5 nitrogen and oxygen atoms in total. The van der Waals surface area contributed by atoms with Gasteiger partial charge >= 0.3 is 5.97 Å². The fourth-order valence-corrected chi connectivity index (χ4v) is 5.14. The number of aliphatic hydroxyl groups is 1. The van der Waals surface area contributed by atoms with Gasteiger partial charge in [0.1, 0.15) is 17.1 Å². The van der Waals surface area contributed by atoms with Crippen LogP contribution in [0.25, 0.3) is 0 Å². The Bertz CT molecular complexity index is 821. The van der Waals surface area contributed by atoms with Crippen molar-refractivity contribution in [1.82, 2.24) is 0 Å². The van der Waals surface area contributed by atoms with E-state index in [1.165, 1.54) is 0 Å². The maximum Gasteiger partial charge on any atom is 0.331 e. The molecule has 1 aliphatic heterocycles. The first-order valence-corrected chi connectivity index (χ1v) is 11.2. The fourth-order valence-electron chi connectivity index (χ4n) is 5.14. The van der Waals surface area contributed by atoms with Crippen molar-refractivity contribution in [3.63, 3.8) is 0 Å². The van der Waals surface area contributed by atoms with Gasteiger partial charge in [-0.2, -0.15) is 0 Å². The van der Waals surface area contributed by atoms with Gasteiger partial charge in [-0.3, -0.25) is 0 Å². The Morgan fingerprint density at radius 1 is 1.20 bits per heavy atom. The summed E-state index contributed by atoms with van der Waals surface area (Å²) in [5.74, 6) is 0.0989. The lowest BCUT2D eigenvalue weighted by Gasteiger charge is -2.47. The highest BCUT2D eigenvalue weighted by molar-refractivity contribution is 5.87. The van der Waals surface area contributed by atoms with Crippen molar-refractivity contribution < 1.29 is 24.9 Å². The van der Waals surface area contributed by atoms with Gasteiger partial charge in [-0.15, -0.1) is 0 Å². The van der Waals surface area contributed by atoms with E-state index in [1.807, 2.05) is 12.1 Å². The van der Waals surface area contributed by atoms with Gasteiger partial charge in [0, 0.05) is 29.6 Å². The molecule has 1 unspecified atom stereocenters. The van der Waals surface area contributed by atoms with Gasteiger partial charge in [-0.1, -0.05) is 39.2 Å². The predicted molar refractivity (Wildman–Crippen MR) is 117 cm³/mol. The largest absolute Gasteiger partial charge is 0.508 e. The SMILES string of the molecule is CC(C)(CCCCCCO)c1cc(O)c2c(c1)OC(C)(C)C1CC=C(C(=O)O)C[C@@H]21. The second-order valence-electron chi connectivity index (χ2n) is 10.1. The van der Waals surface area contributed by atoms with Crippen molar-refractivity contribution in [2.45, 2.75) is 89.6 Å². The van der Waals surface area contributed by atoms with E-state index < -0.39 is 11.6 Å². The summed E-state index contributed by atoms with van der Waals surface area (Å²) < 4.78 is 6.39. The van der Waals surface area contributed by atoms with E-state index >= 15 is 0 Å². The molecule has 0 spiro atoms. The zero-order chi connectivity index (χ0) is 22.1. The van der Waals surface area contributed by atoms with E-state index in [1.54, 1.807) is 0 Å². The minimum absolute atomic E-state index is 0.0597. The first-order chi connectivity index (χ1) is 14.1. The van der Waals surface area contributed by atoms with E-state index in [9.17, 15) is 15.0 Å². The molecular weight excluding hydrogens is 380 g/mol. The zero-order valence-electron chi connectivity index (χ0n) is 18.7. The van der Waals surface area contributed by atoms with Gasteiger partial charge in [0.2, 0.25) is 0 Å². The third-order valence-corrected chi connectivity index (χ3v) is 7.07. The standard InChI is InChI=1S/C25H36O5/c1-24(2,11-7-5-6-8-12-26)17-14-20(27)22-18-13-16(23(28)29)9-10-19(18)25(3,4)30-21(22)15-17/h9,14-15,18-19,26-27H,5-8,10-13H2,1-4H3,(H,28,29)/t18-,19?/m1/s1. The summed E-state index contributed by atoms with van der Waals surface area (Å²) in [6.45, 7) is 8.73. The van der Waals surface area contributed by atoms with Crippen LogP contribution >= 0.6 is 0 Å². The molecule has 0 bridgehead atoms. The number of aliphatic hydroxyl groups excluding tert-OH is 1. The molecule has 0 amide bonds. The molecule has 1 heterocycles. The Labute approximate surface area is 179 Å². The number of hydrogen-bond donors (Lipinski definition) is 3. The second kappa shape index (κ2) is 8.62. The number of phenols is 1. The minimum atomic E-state index is -0.877. The number of fused-ring (bicyclic) bond motifs is 3. The van der Waals surface area contributed by atoms with Gasteiger partial charge in [0.25, 0.3) is 0 Å². The monoisotopic (exact) mass is 416 g/mol. The number of unbranched alkanes of at least 4 members (excludes halogenated alkanes) is 3. The number of allylic oxidation sites excluding steroid dienone is 1. The number of ether oxygens (including phenoxy) is 1. The number of rotatable bonds is 8. The van der Waals surface area contributed by atoms with Gasteiger partial charge in [0.05, 0.1) is 0 Å². The van der Waals surface area contributed by atoms with Gasteiger partial charge in [-0.05, 0) is 62.6 Å². The van der Waals surface area contributed by atoms with Crippen LogP contribution < -0.4 is 4.74 Å². The molecule has 0 radical (unpaired) electrons. The maximum atomic E-state index is 11.6. The van der Waals surface area contributed by atoms with Gasteiger partial charge in [-0.25, -0.2) is 4.79 Å². The van der Waals surface area contributed by atoms with Crippen molar-refractivity contribution in [3.8, 4) is 11.5 Å². The zero-order valence-corrected chi connectivity index (χ0v) is 18.7. The molecule has 2 atom stereocenters. The number of aromatic hydroxyl groups is 1. The highest BCUT2D eigenvalue weighted by Crippen LogP contribution is 2.55. The number of benzene rings is 1. The lowest BCUT2D eigenvalue weighted by atomic mass is 9.66. The molecule has 0 saturated heterocycles. The van der Waals surface area contributed by atoms with E-state index in [2.05, 4.69) is 33.8 Å². The quantitative estimate of drug-likeness (QED) is 0.501. The molecule has 30 heavy (non-hydrogen) atoms. The van der Waals surface area contributed by atoms with Crippen LogP contribution in [0.3, 0.4) is 0 Å². The first-order valence-electron chi connectivity index (χ1n) is 11.2. The van der Waals surface area contributed by atoms with Crippen LogP contribution in [0.5, 0.6) is 11.5 Å². The number of aliphatic carboxylic acids is 1. The number of carboxylic acid groups (broad SMARTS) is 1. The second-order valence-corrected chi connectivity index (χ2v) is 10.1. The minimum Gasteiger partial charge on any atom is -0.508 e. The Balaban J connectivity index is 1.89.